The van der Waals surface area contributed by atoms with Crippen molar-refractivity contribution in [1.29, 1.82) is 0 Å². The molecular weight excluding hydrogens is 180 g/mol. The fourth-order valence-corrected chi connectivity index (χ4v) is 1.19. The van der Waals surface area contributed by atoms with Crippen molar-refractivity contribution in [2.45, 2.75) is 0 Å². The van der Waals surface area contributed by atoms with Crippen molar-refractivity contribution in [2.75, 3.05) is 0 Å². The number of carboxylic acid groups (broad SMARTS) is 1. The van der Waals surface area contributed by atoms with Crippen molar-refractivity contribution in [2.24, 2.45) is 0 Å². The summed E-state index contributed by atoms with van der Waals surface area (Å²) in [7, 11) is 0. The van der Waals surface area contributed by atoms with Gasteiger partial charge in [0.2, 0.25) is 0 Å². The van der Waals surface area contributed by atoms with Crippen molar-refractivity contribution in [3.8, 4) is 11.4 Å². The lowest BCUT2D eigenvalue weighted by Gasteiger charge is -1.94. The molecule has 0 aliphatic carbocycles. The zero-order valence-electron chi connectivity index (χ0n) is 7.27. The highest BCUT2D eigenvalue weighted by Gasteiger charge is 2.06. The molecule has 2 rings (SSSR count). The van der Waals surface area contributed by atoms with E-state index in [0.717, 1.165) is 5.69 Å². The average Bonchev–Trinajstić information content (AvgIpc) is 2.68. The summed E-state index contributed by atoms with van der Waals surface area (Å²) in [5, 5.41) is 8.69. The Morgan fingerprint density at radius 3 is 2.71 bits per heavy atom. The molecule has 4 heteroatoms. The number of aromatic amines is 1. The van der Waals surface area contributed by atoms with Crippen LogP contribution in [0.3, 0.4) is 0 Å². The van der Waals surface area contributed by atoms with Crippen LogP contribution in [0.5, 0.6) is 0 Å². The summed E-state index contributed by atoms with van der Waals surface area (Å²) in [6.07, 6.45) is 1.66. The van der Waals surface area contributed by atoms with Crippen LogP contribution in [-0.4, -0.2) is 21.0 Å². The molecule has 2 N–H and O–H groups in total. The lowest BCUT2D eigenvalue weighted by atomic mass is 10.3. The van der Waals surface area contributed by atoms with E-state index < -0.39 is 5.97 Å². The second-order valence-corrected chi connectivity index (χ2v) is 2.81. The van der Waals surface area contributed by atoms with E-state index in [1.54, 1.807) is 12.3 Å². The molecule has 0 saturated carbocycles. The summed E-state index contributed by atoms with van der Waals surface area (Å²) in [5.41, 5.74) is 1.62. The molecule has 2 aromatic rings. The number of hydrogen-bond acceptors (Lipinski definition) is 2. The number of nitrogens with one attached hydrogen (secondary N) is 1. The molecule has 0 aromatic carbocycles. The Morgan fingerprint density at radius 1 is 1.29 bits per heavy atom. The molecule has 0 saturated heterocycles. The van der Waals surface area contributed by atoms with Gasteiger partial charge in [-0.3, -0.25) is 4.98 Å². The molecule has 0 fully saturated rings. The van der Waals surface area contributed by atoms with Gasteiger partial charge in [0, 0.05) is 6.20 Å². The SMILES string of the molecule is O=C(O)c1ccc(-c2ccccn2)[nH]1. The predicted octanol–water partition coefficient (Wildman–Crippen LogP) is 1.77. The molecule has 0 atom stereocenters. The second kappa shape index (κ2) is 3.33. The third kappa shape index (κ3) is 1.50. The van der Waals surface area contributed by atoms with Gasteiger partial charge in [-0.25, -0.2) is 4.79 Å². The first-order valence-electron chi connectivity index (χ1n) is 4.11. The molecule has 0 radical (unpaired) electrons. The molecule has 14 heavy (non-hydrogen) atoms. The fraction of sp³-hybridized carbons (Fsp3) is 0. The zero-order valence-corrected chi connectivity index (χ0v) is 7.27. The van der Waals surface area contributed by atoms with Crippen LogP contribution in [0.2, 0.25) is 0 Å². The van der Waals surface area contributed by atoms with Gasteiger partial charge in [0.15, 0.2) is 0 Å². The first-order chi connectivity index (χ1) is 6.77. The fourth-order valence-electron chi connectivity index (χ4n) is 1.19. The predicted molar refractivity (Wildman–Crippen MR) is 51.0 cm³/mol. The van der Waals surface area contributed by atoms with Gasteiger partial charge in [-0.2, -0.15) is 0 Å². The van der Waals surface area contributed by atoms with Gasteiger partial charge in [-0.05, 0) is 24.3 Å². The smallest absolute Gasteiger partial charge is 0.352 e. The number of carbonyl (C=O) groups is 1. The Hall–Kier alpha value is -2.10. The molecule has 0 aliphatic rings. The highest BCUT2D eigenvalue weighted by molar-refractivity contribution is 5.86. The molecule has 0 amide bonds. The van der Waals surface area contributed by atoms with Gasteiger partial charge < -0.3 is 10.1 Å². The van der Waals surface area contributed by atoms with Crippen molar-refractivity contribution in [3.63, 3.8) is 0 Å². The molecule has 0 spiro atoms. The van der Waals surface area contributed by atoms with Crippen LogP contribution in [0.25, 0.3) is 11.4 Å². The largest absolute Gasteiger partial charge is 0.477 e. The summed E-state index contributed by atoms with van der Waals surface area (Å²) in [5.74, 6) is -0.966. The van der Waals surface area contributed by atoms with Crippen LogP contribution in [0.4, 0.5) is 0 Å². The maximum atomic E-state index is 10.6. The van der Waals surface area contributed by atoms with E-state index >= 15 is 0 Å². The van der Waals surface area contributed by atoms with Gasteiger partial charge >= 0.3 is 5.97 Å². The average molecular weight is 188 g/mol. The van der Waals surface area contributed by atoms with Crippen molar-refractivity contribution in [1.82, 2.24) is 9.97 Å². The first-order valence-corrected chi connectivity index (χ1v) is 4.11. The maximum absolute atomic E-state index is 10.6. The van der Waals surface area contributed by atoms with Gasteiger partial charge in [0.1, 0.15) is 5.69 Å². The summed E-state index contributed by atoms with van der Waals surface area (Å²) in [6.45, 7) is 0. The number of hydrogen-bond donors (Lipinski definition) is 2. The Bertz CT molecular complexity index is 448. The zero-order chi connectivity index (χ0) is 9.97. The number of carboxylic acids is 1. The van der Waals surface area contributed by atoms with Crippen LogP contribution in [-0.2, 0) is 0 Å². The van der Waals surface area contributed by atoms with Gasteiger partial charge in [0.05, 0.1) is 11.4 Å². The Kier molecular flexibility index (Phi) is 2.02. The van der Waals surface area contributed by atoms with Crippen molar-refractivity contribution in [3.05, 3.63) is 42.2 Å². The molecule has 0 unspecified atom stereocenters. The van der Waals surface area contributed by atoms with E-state index in [0.29, 0.717) is 5.69 Å². The molecular formula is C10H8N2O2. The minimum absolute atomic E-state index is 0.172. The van der Waals surface area contributed by atoms with Crippen LogP contribution in [0, 0.1) is 0 Å². The normalized spacial score (nSPS) is 10.0. The minimum Gasteiger partial charge on any atom is -0.477 e. The van der Waals surface area contributed by atoms with Crippen LogP contribution < -0.4 is 0 Å². The van der Waals surface area contributed by atoms with Gasteiger partial charge in [-0.1, -0.05) is 6.07 Å². The Balaban J connectivity index is 2.39. The second-order valence-electron chi connectivity index (χ2n) is 2.81. The third-order valence-electron chi connectivity index (χ3n) is 1.86. The van der Waals surface area contributed by atoms with E-state index in [9.17, 15) is 4.79 Å². The summed E-state index contributed by atoms with van der Waals surface area (Å²) in [6, 6.07) is 8.70. The maximum Gasteiger partial charge on any atom is 0.352 e. The molecule has 4 nitrogen and oxygen atoms in total. The topological polar surface area (TPSA) is 66.0 Å². The quantitative estimate of drug-likeness (QED) is 0.754. The number of nitrogens with zero attached hydrogens (tertiary/aromatic N) is 1. The molecule has 0 bridgehead atoms. The van der Waals surface area contributed by atoms with Crippen molar-refractivity contribution >= 4 is 5.97 Å². The van der Waals surface area contributed by atoms with Crippen LogP contribution in [0.1, 0.15) is 10.5 Å². The first kappa shape index (κ1) is 8.50. The number of aromatic nitrogens is 2. The summed E-state index contributed by atoms with van der Waals surface area (Å²) in [4.78, 5) is 17.5. The lowest BCUT2D eigenvalue weighted by molar-refractivity contribution is 0.0691. The third-order valence-corrected chi connectivity index (χ3v) is 1.86. The molecule has 2 aromatic heterocycles. The number of aromatic carboxylic acids is 1. The Labute approximate surface area is 80.2 Å². The van der Waals surface area contributed by atoms with E-state index in [1.807, 2.05) is 18.2 Å². The van der Waals surface area contributed by atoms with E-state index in [2.05, 4.69) is 9.97 Å². The minimum atomic E-state index is -0.966. The van der Waals surface area contributed by atoms with Crippen LogP contribution >= 0.6 is 0 Å². The lowest BCUT2D eigenvalue weighted by Crippen LogP contribution is -1.95. The number of H-pyrrole nitrogens is 1. The molecule has 0 aliphatic heterocycles. The monoisotopic (exact) mass is 188 g/mol. The highest BCUT2D eigenvalue weighted by Crippen LogP contribution is 2.14. The van der Waals surface area contributed by atoms with Gasteiger partial charge in [-0.15, -0.1) is 0 Å². The van der Waals surface area contributed by atoms with E-state index in [1.165, 1.54) is 6.07 Å². The molecule has 70 valence electrons. The summed E-state index contributed by atoms with van der Waals surface area (Å²) < 4.78 is 0. The molecule has 2 heterocycles. The number of rotatable bonds is 2. The van der Waals surface area contributed by atoms with Crippen molar-refractivity contribution < 1.29 is 9.90 Å². The highest BCUT2D eigenvalue weighted by atomic mass is 16.4. The standard InChI is InChI=1S/C10H8N2O2/c13-10(14)9-5-4-8(12-9)7-3-1-2-6-11-7/h1-6,12H,(H,13,14). The Morgan fingerprint density at radius 2 is 2.14 bits per heavy atom. The van der Waals surface area contributed by atoms with E-state index in [-0.39, 0.29) is 5.69 Å². The van der Waals surface area contributed by atoms with E-state index in [4.69, 9.17) is 5.11 Å². The van der Waals surface area contributed by atoms with Gasteiger partial charge in [0.25, 0.3) is 0 Å². The van der Waals surface area contributed by atoms with Crippen LogP contribution in [0.15, 0.2) is 36.5 Å². The summed E-state index contributed by atoms with van der Waals surface area (Å²) >= 11 is 0. The number of pyridine rings is 1.